The maximum Gasteiger partial charge on any atom is 0.251 e. The van der Waals surface area contributed by atoms with Crippen molar-refractivity contribution in [3.05, 3.63) is 113 Å². The largest absolute Gasteiger partial charge is 0.348 e. The topological polar surface area (TPSA) is 84.3 Å². The molecule has 34 heavy (non-hydrogen) atoms. The quantitative estimate of drug-likeness (QED) is 0.393. The molecule has 1 heterocycles. The van der Waals surface area contributed by atoms with Crippen molar-refractivity contribution < 1.29 is 13.2 Å². The Labute approximate surface area is 203 Å². The molecule has 9 heteroatoms. The van der Waals surface area contributed by atoms with Crippen molar-refractivity contribution >= 4 is 33.2 Å². The number of amides is 1. The molecule has 4 rings (SSSR count). The second kappa shape index (κ2) is 10.1. The zero-order valence-corrected chi connectivity index (χ0v) is 20.0. The number of hydrogen-bond donors (Lipinski definition) is 1. The summed E-state index contributed by atoms with van der Waals surface area (Å²) in [4.78, 5) is 16.6. The highest BCUT2D eigenvalue weighted by Crippen LogP contribution is 2.22. The van der Waals surface area contributed by atoms with Crippen molar-refractivity contribution in [2.75, 3.05) is 10.6 Å². The molecule has 4 aromatic rings. The lowest BCUT2D eigenvalue weighted by Gasteiger charge is -2.23. The van der Waals surface area contributed by atoms with E-state index in [4.69, 9.17) is 11.6 Å². The molecule has 0 saturated heterocycles. The average Bonchev–Trinajstić information content (AvgIpc) is 3.37. The summed E-state index contributed by atoms with van der Waals surface area (Å²) in [6.07, 6.45) is 6.45. The summed E-state index contributed by atoms with van der Waals surface area (Å²) in [5.74, 6) is -0.242. The Morgan fingerprint density at radius 2 is 1.62 bits per heavy atom. The number of hydrogen-bond acceptors (Lipinski definition) is 4. The van der Waals surface area contributed by atoms with E-state index in [1.54, 1.807) is 61.1 Å². The number of carbonyl (C=O) groups excluding carboxylic acids is 1. The molecule has 0 aliphatic heterocycles. The molecule has 1 N–H and O–H groups in total. The molecule has 0 saturated carbocycles. The first kappa shape index (κ1) is 23.5. The van der Waals surface area contributed by atoms with E-state index in [9.17, 15) is 13.2 Å². The maximum atomic E-state index is 12.6. The van der Waals surface area contributed by atoms with Crippen LogP contribution in [0.15, 0.2) is 91.5 Å². The van der Waals surface area contributed by atoms with Gasteiger partial charge in [-0.2, -0.15) is 0 Å². The van der Waals surface area contributed by atoms with Crippen molar-refractivity contribution in [3.8, 4) is 5.69 Å². The fraction of sp³-hybridized carbons (Fsp3) is 0.120. The first-order valence-electron chi connectivity index (χ1n) is 10.5. The van der Waals surface area contributed by atoms with Crippen molar-refractivity contribution in [2.24, 2.45) is 0 Å². The lowest BCUT2D eigenvalue weighted by Crippen LogP contribution is -2.29. The van der Waals surface area contributed by atoms with Crippen LogP contribution in [0.2, 0.25) is 5.02 Å². The molecular weight excluding hydrogens is 472 g/mol. The highest BCUT2D eigenvalue weighted by atomic mass is 35.5. The van der Waals surface area contributed by atoms with Crippen molar-refractivity contribution in [1.82, 2.24) is 14.9 Å². The van der Waals surface area contributed by atoms with Gasteiger partial charge in [0.05, 0.1) is 24.8 Å². The molecule has 0 unspecified atom stereocenters. The molecule has 1 aromatic heterocycles. The average molecular weight is 495 g/mol. The van der Waals surface area contributed by atoms with Gasteiger partial charge in [-0.1, -0.05) is 35.9 Å². The number of nitrogens with one attached hydrogen (secondary N) is 1. The number of sulfonamides is 1. The summed E-state index contributed by atoms with van der Waals surface area (Å²) in [7, 11) is -3.53. The maximum absolute atomic E-state index is 12.6. The summed E-state index contributed by atoms with van der Waals surface area (Å²) in [6.45, 7) is 0.535. The van der Waals surface area contributed by atoms with E-state index in [1.807, 2.05) is 35.0 Å². The van der Waals surface area contributed by atoms with Gasteiger partial charge in [0.15, 0.2) is 0 Å². The van der Waals surface area contributed by atoms with Crippen LogP contribution in [0.4, 0.5) is 5.69 Å². The molecule has 7 nitrogen and oxygen atoms in total. The number of nitrogens with zero attached hydrogens (tertiary/aromatic N) is 3. The molecule has 3 aromatic carbocycles. The Hall–Kier alpha value is -3.62. The summed E-state index contributed by atoms with van der Waals surface area (Å²) in [6, 6.07) is 21.3. The minimum Gasteiger partial charge on any atom is -0.348 e. The van der Waals surface area contributed by atoms with Crippen molar-refractivity contribution in [2.45, 2.75) is 13.1 Å². The number of carbonyl (C=O) groups is 1. The van der Waals surface area contributed by atoms with Crippen molar-refractivity contribution in [3.63, 3.8) is 0 Å². The molecule has 0 radical (unpaired) electrons. The van der Waals surface area contributed by atoms with E-state index in [2.05, 4.69) is 10.3 Å². The predicted molar refractivity (Wildman–Crippen MR) is 134 cm³/mol. The van der Waals surface area contributed by atoms with Crippen LogP contribution in [0.1, 0.15) is 21.5 Å². The minimum absolute atomic E-state index is 0.163. The van der Waals surface area contributed by atoms with Gasteiger partial charge in [0.1, 0.15) is 0 Å². The molecule has 0 fully saturated rings. The summed E-state index contributed by atoms with van der Waals surface area (Å²) < 4.78 is 28.0. The van der Waals surface area contributed by atoms with E-state index in [0.717, 1.165) is 23.1 Å². The van der Waals surface area contributed by atoms with Gasteiger partial charge < -0.3 is 9.88 Å². The van der Waals surface area contributed by atoms with Crippen LogP contribution < -0.4 is 9.62 Å². The standard InChI is InChI=1S/C25H23ClN4O3S/c1-34(32,33)30(17-20-2-8-22(26)9-3-20)24-12-6-21(7-13-24)25(31)28-16-19-4-10-23(11-5-19)29-15-14-27-18-29/h2-15,18H,16-17H2,1H3,(H,28,31). The fourth-order valence-electron chi connectivity index (χ4n) is 3.42. The normalized spacial score (nSPS) is 11.2. The first-order chi connectivity index (χ1) is 16.3. The van der Waals surface area contributed by atoms with Crippen LogP contribution in [0.25, 0.3) is 5.69 Å². The van der Waals surface area contributed by atoms with E-state index in [1.165, 1.54) is 4.31 Å². The molecular formula is C25H23ClN4O3S. The molecule has 0 aliphatic carbocycles. The first-order valence-corrected chi connectivity index (χ1v) is 12.7. The lowest BCUT2D eigenvalue weighted by molar-refractivity contribution is 0.0951. The summed E-state index contributed by atoms with van der Waals surface area (Å²) in [5.41, 5.74) is 3.66. The van der Waals surface area contributed by atoms with E-state index < -0.39 is 10.0 Å². The SMILES string of the molecule is CS(=O)(=O)N(Cc1ccc(Cl)cc1)c1ccc(C(=O)NCc2ccc(-n3ccnc3)cc2)cc1. The van der Waals surface area contributed by atoms with Gasteiger partial charge in [-0.15, -0.1) is 0 Å². The Morgan fingerprint density at radius 1 is 0.971 bits per heavy atom. The number of imidazole rings is 1. The lowest BCUT2D eigenvalue weighted by atomic mass is 10.1. The van der Waals surface area contributed by atoms with E-state index >= 15 is 0 Å². The number of halogens is 1. The fourth-order valence-corrected chi connectivity index (χ4v) is 4.43. The number of anilines is 1. The van der Waals surface area contributed by atoms with E-state index in [0.29, 0.717) is 22.8 Å². The van der Waals surface area contributed by atoms with Crippen LogP contribution >= 0.6 is 11.6 Å². The monoisotopic (exact) mass is 494 g/mol. The van der Waals surface area contributed by atoms with Gasteiger partial charge in [-0.3, -0.25) is 9.10 Å². The van der Waals surface area contributed by atoms with E-state index in [-0.39, 0.29) is 12.5 Å². The zero-order chi connectivity index (χ0) is 24.1. The zero-order valence-electron chi connectivity index (χ0n) is 18.4. The van der Waals surface area contributed by atoms with Gasteiger partial charge in [0, 0.05) is 35.2 Å². The van der Waals surface area contributed by atoms with Crippen LogP contribution in [0.3, 0.4) is 0 Å². The minimum atomic E-state index is -3.53. The molecule has 0 aliphatic rings. The van der Waals surface area contributed by atoms with Gasteiger partial charge in [-0.05, 0) is 59.7 Å². The summed E-state index contributed by atoms with van der Waals surface area (Å²) >= 11 is 5.92. The number of benzene rings is 3. The van der Waals surface area contributed by atoms with Crippen LogP contribution in [0, 0.1) is 0 Å². The van der Waals surface area contributed by atoms with Crippen LogP contribution in [-0.4, -0.2) is 30.1 Å². The summed E-state index contributed by atoms with van der Waals surface area (Å²) in [5, 5.41) is 3.47. The van der Waals surface area contributed by atoms with Crippen molar-refractivity contribution in [1.29, 1.82) is 0 Å². The molecule has 1 amide bonds. The molecule has 0 spiro atoms. The third kappa shape index (κ3) is 5.84. The van der Waals surface area contributed by atoms with Gasteiger partial charge in [0.25, 0.3) is 5.91 Å². The number of rotatable bonds is 8. The predicted octanol–water partition coefficient (Wildman–Crippen LogP) is 4.42. The third-order valence-corrected chi connectivity index (χ3v) is 6.64. The Bertz CT molecular complexity index is 1350. The van der Waals surface area contributed by atoms with Crippen LogP contribution in [-0.2, 0) is 23.1 Å². The van der Waals surface area contributed by atoms with Gasteiger partial charge in [0.2, 0.25) is 10.0 Å². The van der Waals surface area contributed by atoms with Gasteiger partial charge in [-0.25, -0.2) is 13.4 Å². The van der Waals surface area contributed by atoms with Gasteiger partial charge >= 0.3 is 0 Å². The highest BCUT2D eigenvalue weighted by molar-refractivity contribution is 7.92. The molecule has 174 valence electrons. The van der Waals surface area contributed by atoms with Crippen LogP contribution in [0.5, 0.6) is 0 Å². The Balaban J connectivity index is 1.41. The molecule has 0 atom stereocenters. The second-order valence-electron chi connectivity index (χ2n) is 7.76. The smallest absolute Gasteiger partial charge is 0.251 e. The Morgan fingerprint density at radius 3 is 2.21 bits per heavy atom. The molecule has 0 bridgehead atoms. The second-order valence-corrected chi connectivity index (χ2v) is 10.1. The third-order valence-electron chi connectivity index (χ3n) is 5.25. The number of aromatic nitrogens is 2. The highest BCUT2D eigenvalue weighted by Gasteiger charge is 2.18. The Kier molecular flexibility index (Phi) is 7.00.